The zero-order valence-corrected chi connectivity index (χ0v) is 11.7. The van der Waals surface area contributed by atoms with Crippen LogP contribution < -0.4 is 11.3 Å². The maximum atomic E-state index is 5.70. The summed E-state index contributed by atoms with van der Waals surface area (Å²) in [6.07, 6.45) is 1.00. The molecule has 0 saturated heterocycles. The van der Waals surface area contributed by atoms with Gasteiger partial charge in [0.05, 0.1) is 0 Å². The van der Waals surface area contributed by atoms with Crippen LogP contribution in [0, 0.1) is 25.7 Å². The van der Waals surface area contributed by atoms with Crippen LogP contribution in [0.25, 0.3) is 0 Å². The Morgan fingerprint density at radius 2 is 1.82 bits per heavy atom. The Kier molecular flexibility index (Phi) is 5.16. The molecule has 0 aliphatic carbocycles. The molecular formula is C15H26N2. The SMILES string of the molecule is Cc1ccc(C)c(CC(NN)C(C)C(C)C)c1. The van der Waals surface area contributed by atoms with E-state index >= 15 is 0 Å². The first-order valence-corrected chi connectivity index (χ1v) is 6.48. The Hall–Kier alpha value is -0.860. The average Bonchev–Trinajstić information content (AvgIpc) is 2.29. The zero-order chi connectivity index (χ0) is 13.0. The lowest BCUT2D eigenvalue weighted by molar-refractivity contribution is 0.299. The number of benzene rings is 1. The number of nitrogens with one attached hydrogen (secondary N) is 1. The predicted octanol–water partition coefficient (Wildman–Crippen LogP) is 2.97. The van der Waals surface area contributed by atoms with Crippen LogP contribution in [0.15, 0.2) is 18.2 Å². The number of nitrogens with two attached hydrogens (primary N) is 1. The van der Waals surface area contributed by atoms with Crippen molar-refractivity contribution in [1.82, 2.24) is 5.43 Å². The second-order valence-electron chi connectivity index (χ2n) is 5.51. The van der Waals surface area contributed by atoms with E-state index < -0.39 is 0 Å². The molecule has 3 N–H and O–H groups in total. The van der Waals surface area contributed by atoms with Crippen LogP contribution in [0.5, 0.6) is 0 Å². The highest BCUT2D eigenvalue weighted by Crippen LogP contribution is 2.20. The van der Waals surface area contributed by atoms with Crippen molar-refractivity contribution in [2.24, 2.45) is 17.7 Å². The Morgan fingerprint density at radius 1 is 1.18 bits per heavy atom. The smallest absolute Gasteiger partial charge is 0.0279 e. The highest BCUT2D eigenvalue weighted by molar-refractivity contribution is 5.31. The fraction of sp³-hybridized carbons (Fsp3) is 0.600. The van der Waals surface area contributed by atoms with Crippen molar-refractivity contribution < 1.29 is 0 Å². The normalized spacial score (nSPS) is 15.0. The van der Waals surface area contributed by atoms with Crippen LogP contribution >= 0.6 is 0 Å². The molecule has 0 heterocycles. The van der Waals surface area contributed by atoms with Crippen LogP contribution in [0.2, 0.25) is 0 Å². The van der Waals surface area contributed by atoms with Gasteiger partial charge < -0.3 is 0 Å². The lowest BCUT2D eigenvalue weighted by Crippen LogP contribution is -2.43. The molecule has 1 aromatic rings. The van der Waals surface area contributed by atoms with Gasteiger partial charge in [-0.1, -0.05) is 44.5 Å². The maximum Gasteiger partial charge on any atom is 0.0279 e. The molecule has 0 bridgehead atoms. The van der Waals surface area contributed by atoms with Gasteiger partial charge in [-0.3, -0.25) is 11.3 Å². The van der Waals surface area contributed by atoms with Crippen LogP contribution in [0.4, 0.5) is 0 Å². The van der Waals surface area contributed by atoms with Crippen LogP contribution in [0.1, 0.15) is 37.5 Å². The molecule has 2 heteroatoms. The first-order valence-electron chi connectivity index (χ1n) is 6.48. The van der Waals surface area contributed by atoms with E-state index in [9.17, 15) is 0 Å². The van der Waals surface area contributed by atoms with E-state index in [1.165, 1.54) is 16.7 Å². The van der Waals surface area contributed by atoms with Crippen molar-refractivity contribution in [1.29, 1.82) is 0 Å². The third kappa shape index (κ3) is 3.83. The lowest BCUT2D eigenvalue weighted by Gasteiger charge is -2.27. The summed E-state index contributed by atoms with van der Waals surface area (Å²) in [6.45, 7) is 11.1. The van der Waals surface area contributed by atoms with Gasteiger partial charge in [-0.05, 0) is 43.2 Å². The molecule has 0 aliphatic rings. The second-order valence-corrected chi connectivity index (χ2v) is 5.51. The molecule has 0 fully saturated rings. The summed E-state index contributed by atoms with van der Waals surface area (Å²) in [7, 11) is 0. The summed E-state index contributed by atoms with van der Waals surface area (Å²) in [6, 6.07) is 6.97. The van der Waals surface area contributed by atoms with Crippen LogP contribution in [-0.2, 0) is 6.42 Å². The zero-order valence-electron chi connectivity index (χ0n) is 11.7. The third-order valence-electron chi connectivity index (χ3n) is 3.84. The molecule has 1 rings (SSSR count). The van der Waals surface area contributed by atoms with Crippen molar-refractivity contribution in [3.63, 3.8) is 0 Å². The summed E-state index contributed by atoms with van der Waals surface area (Å²) < 4.78 is 0. The molecule has 0 aromatic heterocycles. The van der Waals surface area contributed by atoms with Gasteiger partial charge in [-0.25, -0.2) is 0 Å². The molecule has 2 atom stereocenters. The summed E-state index contributed by atoms with van der Waals surface area (Å²) in [4.78, 5) is 0. The van der Waals surface area contributed by atoms with E-state index in [0.717, 1.165) is 6.42 Å². The molecule has 0 spiro atoms. The van der Waals surface area contributed by atoms with Crippen molar-refractivity contribution in [3.05, 3.63) is 34.9 Å². The predicted molar refractivity (Wildman–Crippen MR) is 74.7 cm³/mol. The second kappa shape index (κ2) is 6.18. The Labute approximate surface area is 106 Å². The van der Waals surface area contributed by atoms with Crippen molar-refractivity contribution >= 4 is 0 Å². The van der Waals surface area contributed by atoms with E-state index in [4.69, 9.17) is 5.84 Å². The quantitative estimate of drug-likeness (QED) is 0.607. The van der Waals surface area contributed by atoms with Crippen LogP contribution in [-0.4, -0.2) is 6.04 Å². The van der Waals surface area contributed by atoms with Gasteiger partial charge in [0.2, 0.25) is 0 Å². The Balaban J connectivity index is 2.83. The Bertz CT molecular complexity index is 358. The summed E-state index contributed by atoms with van der Waals surface area (Å²) in [5.74, 6) is 6.91. The van der Waals surface area contributed by atoms with Gasteiger partial charge in [0.25, 0.3) is 0 Å². The van der Waals surface area contributed by atoms with E-state index in [0.29, 0.717) is 17.9 Å². The fourth-order valence-corrected chi connectivity index (χ4v) is 2.12. The minimum absolute atomic E-state index is 0.343. The van der Waals surface area contributed by atoms with E-state index in [1.54, 1.807) is 0 Å². The monoisotopic (exact) mass is 234 g/mol. The molecule has 2 nitrogen and oxygen atoms in total. The molecule has 0 saturated carbocycles. The van der Waals surface area contributed by atoms with Gasteiger partial charge >= 0.3 is 0 Å². The molecule has 0 amide bonds. The number of rotatable bonds is 5. The maximum absolute atomic E-state index is 5.70. The van der Waals surface area contributed by atoms with Crippen molar-refractivity contribution in [3.8, 4) is 0 Å². The average molecular weight is 234 g/mol. The van der Waals surface area contributed by atoms with Gasteiger partial charge in [-0.2, -0.15) is 0 Å². The molecule has 1 aromatic carbocycles. The Morgan fingerprint density at radius 3 is 2.35 bits per heavy atom. The molecular weight excluding hydrogens is 208 g/mol. The van der Waals surface area contributed by atoms with E-state index in [-0.39, 0.29) is 0 Å². The van der Waals surface area contributed by atoms with Crippen molar-refractivity contribution in [2.45, 2.75) is 47.1 Å². The fourth-order valence-electron chi connectivity index (χ4n) is 2.12. The summed E-state index contributed by atoms with van der Waals surface area (Å²) >= 11 is 0. The summed E-state index contributed by atoms with van der Waals surface area (Å²) in [5, 5.41) is 0. The van der Waals surface area contributed by atoms with E-state index in [2.05, 4.69) is 58.2 Å². The molecule has 0 radical (unpaired) electrons. The van der Waals surface area contributed by atoms with Crippen molar-refractivity contribution in [2.75, 3.05) is 0 Å². The molecule has 96 valence electrons. The largest absolute Gasteiger partial charge is 0.271 e. The first-order chi connectivity index (χ1) is 7.95. The van der Waals surface area contributed by atoms with Gasteiger partial charge in [0, 0.05) is 6.04 Å². The standard InChI is InChI=1S/C15H26N2/c1-10(2)13(5)15(17-16)9-14-8-11(3)6-7-12(14)4/h6-8,10,13,15,17H,9,16H2,1-5H3. The highest BCUT2D eigenvalue weighted by Gasteiger charge is 2.19. The topological polar surface area (TPSA) is 38.0 Å². The summed E-state index contributed by atoms with van der Waals surface area (Å²) in [5.41, 5.74) is 7.05. The highest BCUT2D eigenvalue weighted by atomic mass is 15.2. The molecule has 17 heavy (non-hydrogen) atoms. The minimum atomic E-state index is 0.343. The minimum Gasteiger partial charge on any atom is -0.271 e. The number of hydrazine groups is 1. The molecule has 2 unspecified atom stereocenters. The number of hydrogen-bond acceptors (Lipinski definition) is 2. The third-order valence-corrected chi connectivity index (χ3v) is 3.84. The van der Waals surface area contributed by atoms with E-state index in [1.807, 2.05) is 0 Å². The molecule has 0 aliphatic heterocycles. The van der Waals surface area contributed by atoms with Gasteiger partial charge in [0.1, 0.15) is 0 Å². The van der Waals surface area contributed by atoms with Crippen LogP contribution in [0.3, 0.4) is 0 Å². The first kappa shape index (κ1) is 14.2. The van der Waals surface area contributed by atoms with Gasteiger partial charge in [-0.15, -0.1) is 0 Å². The number of aryl methyl sites for hydroxylation is 2. The van der Waals surface area contributed by atoms with Gasteiger partial charge in [0.15, 0.2) is 0 Å². The lowest BCUT2D eigenvalue weighted by atomic mass is 9.86. The number of hydrogen-bond donors (Lipinski definition) is 2.